The minimum Gasteiger partial charge on any atom is -0.543 e. The van der Waals surface area contributed by atoms with Gasteiger partial charge in [0.05, 0.1) is 17.2 Å². The molecular formula is C17H19IN4O4S. The Hall–Kier alpha value is -1.92. The fourth-order valence-corrected chi connectivity index (χ4v) is 4.23. The van der Waals surface area contributed by atoms with E-state index in [4.69, 9.17) is 11.5 Å². The number of fused-ring (bicyclic) bond motifs is 1. The third kappa shape index (κ3) is 4.01. The molecule has 3 rings (SSSR count). The summed E-state index contributed by atoms with van der Waals surface area (Å²) < 4.78 is 1.88. The number of thioether (sulfide) groups is 1. The van der Waals surface area contributed by atoms with Gasteiger partial charge in [-0.2, -0.15) is 4.57 Å². The number of aromatic nitrogens is 1. The van der Waals surface area contributed by atoms with Crippen LogP contribution in [0.3, 0.4) is 0 Å². The summed E-state index contributed by atoms with van der Waals surface area (Å²) in [6.07, 6.45) is 5.21. The molecule has 10 heteroatoms. The maximum atomic E-state index is 11.9. The van der Waals surface area contributed by atoms with Crippen LogP contribution < -0.4 is 21.1 Å². The molecule has 0 radical (unpaired) electrons. The van der Waals surface area contributed by atoms with Crippen LogP contribution in [0.25, 0.3) is 0 Å². The number of carbonyl (C=O) groups excluding carboxylic acids is 3. The van der Waals surface area contributed by atoms with Crippen molar-refractivity contribution < 1.29 is 24.1 Å². The number of primary amides is 1. The van der Waals surface area contributed by atoms with E-state index in [9.17, 15) is 19.5 Å². The van der Waals surface area contributed by atoms with E-state index in [1.807, 2.05) is 11.5 Å². The van der Waals surface area contributed by atoms with Gasteiger partial charge in [0, 0.05) is 24.8 Å². The molecule has 2 amide bonds. The number of rotatable bonds is 5. The highest BCUT2D eigenvalue weighted by Crippen LogP contribution is 2.39. The quantitative estimate of drug-likeness (QED) is 0.295. The zero-order valence-electron chi connectivity index (χ0n) is 14.5. The van der Waals surface area contributed by atoms with Crippen LogP contribution in [0.1, 0.15) is 16.1 Å². The lowest BCUT2D eigenvalue weighted by Crippen LogP contribution is -2.69. The van der Waals surface area contributed by atoms with Crippen LogP contribution in [0.5, 0.6) is 0 Å². The summed E-state index contributed by atoms with van der Waals surface area (Å²) in [6, 6.07) is 2.64. The van der Waals surface area contributed by atoms with Gasteiger partial charge in [0.1, 0.15) is 11.4 Å². The lowest BCUT2D eigenvalue weighted by atomic mass is 10.0. The fourth-order valence-electron chi connectivity index (χ4n) is 2.97. The summed E-state index contributed by atoms with van der Waals surface area (Å²) in [5.74, 6) is -1.85. The molecule has 0 aromatic carbocycles. The predicted octanol–water partition coefficient (Wildman–Crippen LogP) is -1.20. The number of carbonyl (C=O) groups is 3. The van der Waals surface area contributed by atoms with Crippen molar-refractivity contribution in [3.05, 3.63) is 53.0 Å². The van der Waals surface area contributed by atoms with Crippen molar-refractivity contribution in [3.8, 4) is 0 Å². The normalized spacial score (nSPS) is 21.6. The van der Waals surface area contributed by atoms with Crippen LogP contribution in [0.15, 0.2) is 41.8 Å². The predicted molar refractivity (Wildman–Crippen MR) is 108 cm³/mol. The first-order valence-corrected chi connectivity index (χ1v) is 8.97. The molecule has 3 heterocycles. The van der Waals surface area contributed by atoms with E-state index in [1.165, 1.54) is 16.7 Å². The van der Waals surface area contributed by atoms with Gasteiger partial charge < -0.3 is 21.4 Å². The number of β-lactam (4-membered cyclic amide) rings is 1. The fraction of sp³-hybridized carbons (Fsp3) is 0.294. The van der Waals surface area contributed by atoms with E-state index in [1.54, 1.807) is 30.5 Å². The van der Waals surface area contributed by atoms with Gasteiger partial charge in [-0.25, -0.2) is 0 Å². The highest BCUT2D eigenvalue weighted by molar-refractivity contribution is 14.0. The molecule has 0 unspecified atom stereocenters. The van der Waals surface area contributed by atoms with Crippen molar-refractivity contribution >= 4 is 53.5 Å². The second kappa shape index (κ2) is 8.40. The van der Waals surface area contributed by atoms with E-state index >= 15 is 0 Å². The maximum Gasteiger partial charge on any atom is 0.249 e. The number of carboxylic acids is 1. The molecule has 0 bridgehead atoms. The minimum absolute atomic E-state index is 0. The van der Waals surface area contributed by atoms with Crippen molar-refractivity contribution in [2.45, 2.75) is 24.9 Å². The first kappa shape index (κ1) is 21.4. The topological polar surface area (TPSA) is 133 Å². The number of pyridine rings is 1. The van der Waals surface area contributed by atoms with Crippen LogP contribution in [-0.4, -0.2) is 39.9 Å². The lowest BCUT2D eigenvalue weighted by molar-refractivity contribution is -0.693. The summed E-state index contributed by atoms with van der Waals surface area (Å²) in [7, 11) is 0. The number of hydrogen-bond donors (Lipinski definition) is 2. The molecule has 2 atom stereocenters. The molecule has 1 aromatic rings. The molecule has 0 saturated carbocycles. The molecule has 144 valence electrons. The Morgan fingerprint density at radius 3 is 2.78 bits per heavy atom. The number of carboxylic acid groups (broad SMARTS) is 1. The number of aliphatic carboxylic acids is 1. The zero-order valence-corrected chi connectivity index (χ0v) is 17.6. The van der Waals surface area contributed by atoms with Crippen LogP contribution >= 0.6 is 35.7 Å². The average Bonchev–Trinajstić information content (AvgIpc) is 2.61. The minimum atomic E-state index is -1.38. The zero-order chi connectivity index (χ0) is 19.0. The number of amides is 2. The average molecular weight is 502 g/mol. The summed E-state index contributed by atoms with van der Waals surface area (Å²) in [4.78, 5) is 35.8. The van der Waals surface area contributed by atoms with Gasteiger partial charge in [0.25, 0.3) is 0 Å². The lowest BCUT2D eigenvalue weighted by Gasteiger charge is -2.49. The van der Waals surface area contributed by atoms with Gasteiger partial charge in [-0.05, 0) is 11.6 Å². The number of nitrogens with zero attached hydrogens (tertiary/aromatic N) is 2. The van der Waals surface area contributed by atoms with Crippen LogP contribution in [0.2, 0.25) is 0 Å². The Kier molecular flexibility index (Phi) is 6.65. The molecule has 2 aliphatic heterocycles. The van der Waals surface area contributed by atoms with Crippen molar-refractivity contribution in [2.75, 3.05) is 5.75 Å². The highest BCUT2D eigenvalue weighted by Gasteiger charge is 2.49. The molecule has 2 aliphatic rings. The summed E-state index contributed by atoms with van der Waals surface area (Å²) in [5.41, 5.74) is 12.6. The van der Waals surface area contributed by atoms with Gasteiger partial charge in [0.15, 0.2) is 18.4 Å². The summed E-state index contributed by atoms with van der Waals surface area (Å²) in [5, 5.41) is 11.2. The number of hydrogen-bond acceptors (Lipinski definition) is 6. The maximum absolute atomic E-state index is 11.9. The van der Waals surface area contributed by atoms with Crippen LogP contribution in [0.4, 0.5) is 0 Å². The molecule has 1 aromatic heterocycles. The van der Waals surface area contributed by atoms with Gasteiger partial charge in [-0.1, -0.05) is 6.08 Å². The standard InChI is InChI=1S/C17H18N4O4S.HI/c1-9-7-10(14(19)22)4-6-20(9)5-2-3-11-8-26-16-12(18)15(23)21(16)13(11)17(24)25;/h2-4,6-7,12,16H,5,8,18H2,1H3,(H2-,19,22,24,25);1H/b3-2+;/t12-,16-;/m1./s1. The Morgan fingerprint density at radius 1 is 1.48 bits per heavy atom. The second-order valence-corrected chi connectivity index (χ2v) is 7.18. The van der Waals surface area contributed by atoms with Gasteiger partial charge >= 0.3 is 0 Å². The van der Waals surface area contributed by atoms with E-state index in [0.717, 1.165) is 5.69 Å². The number of aryl methyl sites for hydroxylation is 1. The molecule has 4 N–H and O–H groups in total. The molecular weight excluding hydrogens is 483 g/mol. The third-order valence-electron chi connectivity index (χ3n) is 4.39. The summed E-state index contributed by atoms with van der Waals surface area (Å²) >= 11 is 1.43. The molecule has 1 saturated heterocycles. The molecule has 1 fully saturated rings. The first-order valence-electron chi connectivity index (χ1n) is 7.92. The number of allylic oxidation sites excluding steroid dienone is 2. The van der Waals surface area contributed by atoms with Crippen molar-refractivity contribution in [1.82, 2.24) is 4.90 Å². The van der Waals surface area contributed by atoms with Crippen molar-refractivity contribution in [2.24, 2.45) is 11.5 Å². The van der Waals surface area contributed by atoms with Gasteiger partial charge in [-0.3, -0.25) is 14.5 Å². The smallest absolute Gasteiger partial charge is 0.249 e. The highest BCUT2D eigenvalue weighted by atomic mass is 127. The molecule has 27 heavy (non-hydrogen) atoms. The number of halogens is 1. The Bertz CT molecular complexity index is 870. The van der Waals surface area contributed by atoms with Crippen molar-refractivity contribution in [3.63, 3.8) is 0 Å². The van der Waals surface area contributed by atoms with Gasteiger partial charge in [-0.15, -0.1) is 35.7 Å². The van der Waals surface area contributed by atoms with Gasteiger partial charge in [0.2, 0.25) is 11.8 Å². The monoisotopic (exact) mass is 502 g/mol. The third-order valence-corrected chi connectivity index (χ3v) is 5.71. The first-order chi connectivity index (χ1) is 12.3. The Morgan fingerprint density at radius 2 is 2.19 bits per heavy atom. The Balaban J connectivity index is 0.00000261. The second-order valence-electron chi connectivity index (χ2n) is 6.07. The summed E-state index contributed by atoms with van der Waals surface area (Å²) in [6.45, 7) is 2.31. The van der Waals surface area contributed by atoms with E-state index in [-0.39, 0.29) is 35.0 Å². The molecule has 0 aliphatic carbocycles. The molecule has 0 spiro atoms. The molecule has 8 nitrogen and oxygen atoms in total. The Labute approximate surface area is 177 Å². The van der Waals surface area contributed by atoms with Crippen LogP contribution in [0, 0.1) is 6.92 Å². The van der Waals surface area contributed by atoms with Crippen molar-refractivity contribution in [1.29, 1.82) is 0 Å². The van der Waals surface area contributed by atoms with E-state index in [0.29, 0.717) is 23.4 Å². The number of nitrogens with two attached hydrogens (primary N) is 2. The van der Waals surface area contributed by atoms with Crippen LogP contribution in [-0.2, 0) is 16.1 Å². The SMILES string of the molecule is Cc1cc(C(N)=O)cc[n+]1C/C=C/C1=C(C(=O)[O-])N2C(=O)[C@@H](N)[C@H]2SC1.I. The largest absolute Gasteiger partial charge is 0.543 e. The van der Waals surface area contributed by atoms with E-state index < -0.39 is 23.8 Å². The van der Waals surface area contributed by atoms with E-state index in [2.05, 4.69) is 0 Å².